The van der Waals surface area contributed by atoms with E-state index in [4.69, 9.17) is 0 Å². The molecule has 0 spiro atoms. The van der Waals surface area contributed by atoms with Gasteiger partial charge in [-0.15, -0.1) is 35.3 Å². The SMILES string of the molecule is CCCNC(=NCC(=O)N(C)C)N(C)CCc1ncc(C)s1.I. The fourth-order valence-corrected chi connectivity index (χ4v) is 2.49. The van der Waals surface area contributed by atoms with Gasteiger partial charge in [-0.25, -0.2) is 9.98 Å². The molecular formula is C15H28IN5OS. The molecule has 0 radical (unpaired) electrons. The molecule has 0 aliphatic rings. The lowest BCUT2D eigenvalue weighted by Crippen LogP contribution is -2.41. The summed E-state index contributed by atoms with van der Waals surface area (Å²) in [5.41, 5.74) is 0. The molecule has 1 heterocycles. The molecule has 0 fully saturated rings. The molecule has 1 aromatic rings. The predicted octanol–water partition coefficient (Wildman–Crippen LogP) is 1.99. The molecule has 1 N–H and O–H groups in total. The number of carbonyl (C=O) groups is 1. The molecule has 0 aliphatic heterocycles. The minimum absolute atomic E-state index is 0. The molecular weight excluding hydrogens is 425 g/mol. The summed E-state index contributed by atoms with van der Waals surface area (Å²) >= 11 is 1.72. The second-order valence-corrected chi connectivity index (χ2v) is 6.71. The molecule has 1 amide bonds. The minimum Gasteiger partial charge on any atom is -0.356 e. The molecule has 132 valence electrons. The number of aliphatic imine (C=N–C) groups is 1. The first-order chi connectivity index (χ1) is 10.4. The molecule has 0 saturated carbocycles. The zero-order chi connectivity index (χ0) is 16.5. The first kappa shape index (κ1) is 22.1. The summed E-state index contributed by atoms with van der Waals surface area (Å²) in [6.07, 6.45) is 3.80. The van der Waals surface area contributed by atoms with Gasteiger partial charge in [0.1, 0.15) is 6.54 Å². The smallest absolute Gasteiger partial charge is 0.243 e. The number of likely N-dealkylation sites (N-methyl/N-ethyl adjacent to an activating group) is 2. The number of aromatic nitrogens is 1. The molecule has 0 saturated heterocycles. The summed E-state index contributed by atoms with van der Waals surface area (Å²) in [6, 6.07) is 0. The van der Waals surface area contributed by atoms with E-state index in [0.29, 0.717) is 0 Å². The Kier molecular flexibility index (Phi) is 11.2. The van der Waals surface area contributed by atoms with Crippen LogP contribution < -0.4 is 5.32 Å². The van der Waals surface area contributed by atoms with Crippen molar-refractivity contribution in [3.05, 3.63) is 16.1 Å². The summed E-state index contributed by atoms with van der Waals surface area (Å²) in [4.78, 5) is 25.3. The lowest BCUT2D eigenvalue weighted by Gasteiger charge is -2.22. The van der Waals surface area contributed by atoms with Crippen LogP contribution in [-0.4, -0.2) is 67.4 Å². The molecule has 0 aromatic carbocycles. The molecule has 1 rings (SSSR count). The van der Waals surface area contributed by atoms with Gasteiger partial charge < -0.3 is 15.1 Å². The van der Waals surface area contributed by atoms with Gasteiger partial charge in [0.2, 0.25) is 5.91 Å². The Morgan fingerprint density at radius 1 is 1.39 bits per heavy atom. The number of guanidine groups is 1. The van der Waals surface area contributed by atoms with Gasteiger partial charge in [-0.3, -0.25) is 4.79 Å². The van der Waals surface area contributed by atoms with Gasteiger partial charge in [-0.2, -0.15) is 0 Å². The fraction of sp³-hybridized carbons (Fsp3) is 0.667. The number of nitrogens with one attached hydrogen (secondary N) is 1. The summed E-state index contributed by atoms with van der Waals surface area (Å²) in [5.74, 6) is 0.769. The topological polar surface area (TPSA) is 60.8 Å². The van der Waals surface area contributed by atoms with E-state index >= 15 is 0 Å². The van der Waals surface area contributed by atoms with Crippen LogP contribution in [0.3, 0.4) is 0 Å². The highest BCUT2D eigenvalue weighted by Gasteiger charge is 2.09. The normalized spacial score (nSPS) is 10.9. The van der Waals surface area contributed by atoms with Crippen molar-refractivity contribution in [2.24, 2.45) is 4.99 Å². The Hall–Kier alpha value is -0.900. The van der Waals surface area contributed by atoms with Crippen molar-refractivity contribution >= 4 is 47.2 Å². The lowest BCUT2D eigenvalue weighted by atomic mass is 10.4. The van der Waals surface area contributed by atoms with E-state index in [1.165, 1.54) is 4.88 Å². The van der Waals surface area contributed by atoms with E-state index in [9.17, 15) is 4.79 Å². The van der Waals surface area contributed by atoms with Crippen molar-refractivity contribution in [2.45, 2.75) is 26.7 Å². The Morgan fingerprint density at radius 2 is 2.09 bits per heavy atom. The molecule has 0 aliphatic carbocycles. The highest BCUT2D eigenvalue weighted by Crippen LogP contribution is 2.11. The molecule has 0 atom stereocenters. The second-order valence-electron chi connectivity index (χ2n) is 5.39. The number of amides is 1. The average molecular weight is 453 g/mol. The molecule has 8 heteroatoms. The lowest BCUT2D eigenvalue weighted by molar-refractivity contribution is -0.127. The quantitative estimate of drug-likeness (QED) is 0.390. The van der Waals surface area contributed by atoms with Crippen molar-refractivity contribution in [3.8, 4) is 0 Å². The maximum Gasteiger partial charge on any atom is 0.243 e. The second kappa shape index (κ2) is 11.6. The van der Waals surface area contributed by atoms with Crippen molar-refractivity contribution < 1.29 is 4.79 Å². The number of rotatable bonds is 7. The standard InChI is InChI=1S/C15H27N5OS.HI/c1-6-8-16-15(18-11-14(21)19(3)4)20(5)9-7-13-17-10-12(2)22-13;/h10H,6-9,11H2,1-5H3,(H,16,18);1H. The number of hydrogen-bond acceptors (Lipinski definition) is 4. The van der Waals surface area contributed by atoms with E-state index in [-0.39, 0.29) is 36.4 Å². The van der Waals surface area contributed by atoms with Crippen molar-refractivity contribution in [2.75, 3.05) is 40.8 Å². The molecule has 0 bridgehead atoms. The van der Waals surface area contributed by atoms with Crippen LogP contribution in [0.4, 0.5) is 0 Å². The minimum atomic E-state index is -0.000235. The highest BCUT2D eigenvalue weighted by atomic mass is 127. The van der Waals surface area contributed by atoms with Gasteiger partial charge in [0.05, 0.1) is 5.01 Å². The highest BCUT2D eigenvalue weighted by molar-refractivity contribution is 14.0. The fourth-order valence-electron chi connectivity index (χ4n) is 1.72. The van der Waals surface area contributed by atoms with Crippen LogP contribution in [0, 0.1) is 6.92 Å². The third-order valence-corrected chi connectivity index (χ3v) is 4.06. The third-order valence-electron chi connectivity index (χ3n) is 3.09. The number of hydrogen-bond donors (Lipinski definition) is 1. The van der Waals surface area contributed by atoms with E-state index < -0.39 is 0 Å². The van der Waals surface area contributed by atoms with Crippen LogP contribution in [-0.2, 0) is 11.2 Å². The first-order valence-electron chi connectivity index (χ1n) is 7.55. The predicted molar refractivity (Wildman–Crippen MR) is 108 cm³/mol. The maximum absolute atomic E-state index is 11.7. The van der Waals surface area contributed by atoms with Crippen LogP contribution >= 0.6 is 35.3 Å². The molecule has 6 nitrogen and oxygen atoms in total. The molecule has 23 heavy (non-hydrogen) atoms. The third kappa shape index (κ3) is 8.50. The van der Waals surface area contributed by atoms with Crippen LogP contribution in [0.5, 0.6) is 0 Å². The number of thiazole rings is 1. The van der Waals surface area contributed by atoms with Crippen molar-refractivity contribution in [1.29, 1.82) is 0 Å². The van der Waals surface area contributed by atoms with E-state index in [1.54, 1.807) is 30.3 Å². The average Bonchev–Trinajstić information content (AvgIpc) is 2.90. The Labute approximate surface area is 160 Å². The van der Waals surface area contributed by atoms with E-state index in [0.717, 1.165) is 36.9 Å². The van der Waals surface area contributed by atoms with Crippen LogP contribution in [0.2, 0.25) is 0 Å². The largest absolute Gasteiger partial charge is 0.356 e. The molecule has 1 aromatic heterocycles. The van der Waals surface area contributed by atoms with Gasteiger partial charge in [-0.1, -0.05) is 6.92 Å². The number of halogens is 1. The zero-order valence-electron chi connectivity index (χ0n) is 14.6. The van der Waals surface area contributed by atoms with Crippen molar-refractivity contribution in [1.82, 2.24) is 20.1 Å². The summed E-state index contributed by atoms with van der Waals surface area (Å²) in [5, 5.41) is 4.42. The maximum atomic E-state index is 11.7. The van der Waals surface area contributed by atoms with Crippen LogP contribution in [0.15, 0.2) is 11.2 Å². The summed E-state index contributed by atoms with van der Waals surface area (Å²) < 4.78 is 0. The zero-order valence-corrected chi connectivity index (χ0v) is 17.8. The number of carbonyl (C=O) groups excluding carboxylic acids is 1. The Balaban J connectivity index is 0.00000484. The van der Waals surface area contributed by atoms with Gasteiger partial charge >= 0.3 is 0 Å². The Morgan fingerprint density at radius 3 is 2.61 bits per heavy atom. The van der Waals surface area contributed by atoms with E-state index in [2.05, 4.69) is 34.0 Å². The number of aryl methyl sites for hydroxylation is 1. The van der Waals surface area contributed by atoms with Gasteiger partial charge in [-0.05, 0) is 13.3 Å². The first-order valence-corrected chi connectivity index (χ1v) is 8.36. The monoisotopic (exact) mass is 453 g/mol. The van der Waals surface area contributed by atoms with E-state index in [1.807, 2.05) is 13.2 Å². The van der Waals surface area contributed by atoms with Crippen LogP contribution in [0.25, 0.3) is 0 Å². The van der Waals surface area contributed by atoms with Gasteiger partial charge in [0, 0.05) is 51.7 Å². The molecule has 0 unspecified atom stereocenters. The summed E-state index contributed by atoms with van der Waals surface area (Å²) in [6.45, 7) is 6.00. The Bertz CT molecular complexity index is 504. The summed E-state index contributed by atoms with van der Waals surface area (Å²) in [7, 11) is 5.47. The van der Waals surface area contributed by atoms with Gasteiger partial charge in [0.25, 0.3) is 0 Å². The van der Waals surface area contributed by atoms with Crippen molar-refractivity contribution in [3.63, 3.8) is 0 Å². The van der Waals surface area contributed by atoms with Crippen LogP contribution in [0.1, 0.15) is 23.2 Å². The van der Waals surface area contributed by atoms with Gasteiger partial charge in [0.15, 0.2) is 5.96 Å². The number of nitrogens with zero attached hydrogens (tertiary/aromatic N) is 4.